The summed E-state index contributed by atoms with van der Waals surface area (Å²) in [6.45, 7) is 0. The van der Waals surface area contributed by atoms with Gasteiger partial charge in [-0.15, -0.1) is 0 Å². The van der Waals surface area contributed by atoms with Gasteiger partial charge >= 0.3 is 0 Å². The summed E-state index contributed by atoms with van der Waals surface area (Å²) in [5.74, 6) is 0.166. The summed E-state index contributed by atoms with van der Waals surface area (Å²) in [6, 6.07) is 17.6. The molecule has 0 saturated carbocycles. The number of hydrogen-bond acceptors (Lipinski definition) is 5. The van der Waals surface area contributed by atoms with E-state index in [0.29, 0.717) is 11.2 Å². The maximum atomic E-state index is 12.4. The summed E-state index contributed by atoms with van der Waals surface area (Å²) in [7, 11) is -3.75. The minimum Gasteiger partial charge on any atom is -0.399 e. The lowest BCUT2D eigenvalue weighted by molar-refractivity contribution is 0.601. The molecule has 25 heavy (non-hydrogen) atoms. The third-order valence-corrected chi connectivity index (χ3v) is 5.24. The normalized spacial score (nSPS) is 11.7. The standard InChI is InChI=1S/C18H14N4O2S/c19-13-6-8-14(9-7-13)25(23,24)22-17-11-20-18-15-4-2-1-3-12(15)5-10-16(18)21-17/h1-11H,19H2,(H,21,22). The molecule has 0 aliphatic rings. The van der Waals surface area contributed by atoms with Crippen molar-refractivity contribution in [2.75, 3.05) is 10.5 Å². The van der Waals surface area contributed by atoms with Gasteiger partial charge in [0.05, 0.1) is 22.1 Å². The van der Waals surface area contributed by atoms with E-state index in [1.165, 1.54) is 30.5 Å². The molecule has 0 fully saturated rings. The summed E-state index contributed by atoms with van der Waals surface area (Å²) < 4.78 is 27.3. The van der Waals surface area contributed by atoms with Crippen molar-refractivity contribution in [1.82, 2.24) is 9.97 Å². The van der Waals surface area contributed by atoms with Crippen LogP contribution in [0.25, 0.3) is 21.8 Å². The molecule has 1 aromatic heterocycles. The van der Waals surface area contributed by atoms with Gasteiger partial charge in [-0.2, -0.15) is 0 Å². The second-order valence-electron chi connectivity index (χ2n) is 5.58. The molecule has 0 saturated heterocycles. The lowest BCUT2D eigenvalue weighted by Gasteiger charge is -2.09. The maximum Gasteiger partial charge on any atom is 0.263 e. The Bertz CT molecular complexity index is 1190. The van der Waals surface area contributed by atoms with Crippen LogP contribution in [0, 0.1) is 0 Å². The quantitative estimate of drug-likeness (QED) is 0.437. The van der Waals surface area contributed by atoms with Crippen molar-refractivity contribution in [3.63, 3.8) is 0 Å². The molecule has 0 bridgehead atoms. The van der Waals surface area contributed by atoms with E-state index in [4.69, 9.17) is 5.73 Å². The zero-order valence-electron chi connectivity index (χ0n) is 13.0. The zero-order chi connectivity index (χ0) is 17.4. The highest BCUT2D eigenvalue weighted by Gasteiger charge is 2.15. The molecule has 0 aliphatic carbocycles. The van der Waals surface area contributed by atoms with Crippen molar-refractivity contribution in [2.24, 2.45) is 0 Å². The van der Waals surface area contributed by atoms with Crippen LogP contribution in [0.2, 0.25) is 0 Å². The molecule has 0 unspecified atom stereocenters. The highest BCUT2D eigenvalue weighted by molar-refractivity contribution is 7.92. The number of sulfonamides is 1. The minimum atomic E-state index is -3.75. The Balaban J connectivity index is 1.75. The highest BCUT2D eigenvalue weighted by Crippen LogP contribution is 2.24. The molecule has 4 rings (SSSR count). The largest absolute Gasteiger partial charge is 0.399 e. The Morgan fingerprint density at radius 2 is 1.68 bits per heavy atom. The van der Waals surface area contributed by atoms with E-state index in [1.807, 2.05) is 36.4 Å². The van der Waals surface area contributed by atoms with Crippen LogP contribution >= 0.6 is 0 Å². The number of anilines is 2. The van der Waals surface area contributed by atoms with Gasteiger partial charge in [0.25, 0.3) is 10.0 Å². The van der Waals surface area contributed by atoms with Crippen molar-refractivity contribution in [1.29, 1.82) is 0 Å². The zero-order valence-corrected chi connectivity index (χ0v) is 13.9. The van der Waals surface area contributed by atoms with Crippen LogP contribution < -0.4 is 10.5 Å². The Hall–Kier alpha value is -3.19. The first-order valence-electron chi connectivity index (χ1n) is 7.56. The van der Waals surface area contributed by atoms with Gasteiger partial charge in [0.1, 0.15) is 0 Å². The third-order valence-electron chi connectivity index (χ3n) is 3.87. The number of aromatic nitrogens is 2. The summed E-state index contributed by atoms with van der Waals surface area (Å²) in [5, 5.41) is 2.03. The van der Waals surface area contributed by atoms with Crippen molar-refractivity contribution in [2.45, 2.75) is 4.90 Å². The minimum absolute atomic E-state index is 0.113. The number of nitrogens with one attached hydrogen (secondary N) is 1. The fourth-order valence-electron chi connectivity index (χ4n) is 2.65. The molecular formula is C18H14N4O2S. The number of nitrogens with two attached hydrogens (primary N) is 1. The van der Waals surface area contributed by atoms with Crippen LogP contribution in [0.3, 0.4) is 0 Å². The Kier molecular flexibility index (Phi) is 3.51. The first-order valence-corrected chi connectivity index (χ1v) is 9.04. The molecule has 3 aromatic carbocycles. The third kappa shape index (κ3) is 2.85. The van der Waals surface area contributed by atoms with E-state index in [9.17, 15) is 8.42 Å². The average molecular weight is 350 g/mol. The number of rotatable bonds is 3. The van der Waals surface area contributed by atoms with Crippen LogP contribution in [0.1, 0.15) is 0 Å². The Labute approximate surface area is 144 Å². The van der Waals surface area contributed by atoms with E-state index >= 15 is 0 Å². The van der Waals surface area contributed by atoms with E-state index in [1.54, 1.807) is 0 Å². The van der Waals surface area contributed by atoms with E-state index in [-0.39, 0.29) is 10.7 Å². The Morgan fingerprint density at radius 1 is 0.920 bits per heavy atom. The predicted octanol–water partition coefficient (Wildman–Crippen LogP) is 3.17. The van der Waals surface area contributed by atoms with Crippen molar-refractivity contribution >= 4 is 43.3 Å². The first kappa shape index (κ1) is 15.3. The van der Waals surface area contributed by atoms with Gasteiger partial charge in [-0.25, -0.2) is 13.4 Å². The lowest BCUT2D eigenvalue weighted by Crippen LogP contribution is -2.14. The monoisotopic (exact) mass is 350 g/mol. The Morgan fingerprint density at radius 3 is 2.48 bits per heavy atom. The van der Waals surface area contributed by atoms with Gasteiger partial charge in [0, 0.05) is 11.1 Å². The number of benzene rings is 3. The second kappa shape index (κ2) is 5.71. The molecule has 7 heteroatoms. The van der Waals surface area contributed by atoms with Crippen molar-refractivity contribution < 1.29 is 8.42 Å². The molecular weight excluding hydrogens is 336 g/mol. The molecule has 6 nitrogen and oxygen atoms in total. The summed E-state index contributed by atoms with van der Waals surface area (Å²) >= 11 is 0. The first-order chi connectivity index (χ1) is 12.0. The van der Waals surface area contributed by atoms with Crippen LogP contribution in [0.4, 0.5) is 11.5 Å². The van der Waals surface area contributed by atoms with Gasteiger partial charge in [0.2, 0.25) is 0 Å². The molecule has 0 radical (unpaired) electrons. The van der Waals surface area contributed by atoms with Crippen LogP contribution in [0.15, 0.2) is 71.8 Å². The molecule has 0 spiro atoms. The molecule has 3 N–H and O–H groups in total. The molecule has 0 aliphatic heterocycles. The van der Waals surface area contributed by atoms with E-state index in [2.05, 4.69) is 14.7 Å². The van der Waals surface area contributed by atoms with Crippen molar-refractivity contribution in [3.05, 3.63) is 66.9 Å². The summed E-state index contributed by atoms with van der Waals surface area (Å²) in [4.78, 5) is 8.88. The SMILES string of the molecule is Nc1ccc(S(=O)(=O)Nc2cnc3c(ccc4ccccc43)n2)cc1. The number of nitrogen functional groups attached to an aromatic ring is 1. The van der Waals surface area contributed by atoms with Crippen LogP contribution in [-0.4, -0.2) is 18.4 Å². The molecule has 124 valence electrons. The predicted molar refractivity (Wildman–Crippen MR) is 98.7 cm³/mol. The molecule has 0 amide bonds. The topological polar surface area (TPSA) is 98.0 Å². The van der Waals surface area contributed by atoms with Gasteiger partial charge < -0.3 is 5.73 Å². The van der Waals surface area contributed by atoms with Gasteiger partial charge in [-0.1, -0.05) is 30.3 Å². The van der Waals surface area contributed by atoms with E-state index < -0.39 is 10.0 Å². The van der Waals surface area contributed by atoms with Gasteiger partial charge in [-0.3, -0.25) is 9.71 Å². The lowest BCUT2D eigenvalue weighted by atomic mass is 10.1. The second-order valence-corrected chi connectivity index (χ2v) is 7.27. The van der Waals surface area contributed by atoms with Gasteiger partial charge in [-0.05, 0) is 35.7 Å². The fraction of sp³-hybridized carbons (Fsp3) is 0. The van der Waals surface area contributed by atoms with Gasteiger partial charge in [0.15, 0.2) is 5.82 Å². The summed E-state index contributed by atoms with van der Waals surface area (Å²) in [5.41, 5.74) is 7.44. The van der Waals surface area contributed by atoms with E-state index in [0.717, 1.165) is 16.3 Å². The summed E-state index contributed by atoms with van der Waals surface area (Å²) in [6.07, 6.45) is 1.42. The van der Waals surface area contributed by atoms with Crippen molar-refractivity contribution in [3.8, 4) is 0 Å². The van der Waals surface area contributed by atoms with Crippen LogP contribution in [-0.2, 0) is 10.0 Å². The fourth-order valence-corrected chi connectivity index (χ4v) is 3.63. The maximum absolute atomic E-state index is 12.4. The molecule has 4 aromatic rings. The highest BCUT2D eigenvalue weighted by atomic mass is 32.2. The number of hydrogen-bond donors (Lipinski definition) is 2. The number of nitrogens with zero attached hydrogens (tertiary/aromatic N) is 2. The molecule has 0 atom stereocenters. The average Bonchev–Trinajstić information content (AvgIpc) is 2.61. The molecule has 1 heterocycles. The smallest absolute Gasteiger partial charge is 0.263 e. The van der Waals surface area contributed by atoms with Crippen LogP contribution in [0.5, 0.6) is 0 Å². The number of fused-ring (bicyclic) bond motifs is 3.